The Morgan fingerprint density at radius 1 is 1.19 bits per heavy atom. The fourth-order valence-corrected chi connectivity index (χ4v) is 5.59. The lowest BCUT2D eigenvalue weighted by atomic mass is 9.73. The van der Waals surface area contributed by atoms with Gasteiger partial charge in [-0.05, 0) is 42.0 Å². The Morgan fingerprint density at radius 2 is 1.97 bits per heavy atom. The number of hydrogen-bond acceptors (Lipinski definition) is 5. The van der Waals surface area contributed by atoms with Gasteiger partial charge in [0.1, 0.15) is 6.04 Å². The maximum atomic E-state index is 13.3. The van der Waals surface area contributed by atoms with Gasteiger partial charge in [0.25, 0.3) is 0 Å². The van der Waals surface area contributed by atoms with Crippen LogP contribution in [0, 0.1) is 12.3 Å². The molecule has 5 nitrogen and oxygen atoms in total. The average Bonchev–Trinajstić information content (AvgIpc) is 3.13. The molecule has 5 rings (SSSR count). The molecule has 3 aromatic rings. The third-order valence-electron chi connectivity index (χ3n) is 5.95. The van der Waals surface area contributed by atoms with Crippen molar-refractivity contribution in [3.63, 3.8) is 0 Å². The quantitative estimate of drug-likeness (QED) is 0.419. The molecule has 2 aliphatic rings. The fourth-order valence-electron chi connectivity index (χ4n) is 4.55. The van der Waals surface area contributed by atoms with E-state index in [1.807, 2.05) is 16.8 Å². The second-order valence-corrected chi connectivity index (χ2v) is 11.2. The number of hydrogen-bond donors (Lipinski definition) is 1. The predicted octanol–water partition coefficient (Wildman–Crippen LogP) is 6.30. The van der Waals surface area contributed by atoms with Crippen LogP contribution >= 0.6 is 27.7 Å². The van der Waals surface area contributed by atoms with Crippen molar-refractivity contribution in [3.8, 4) is 0 Å². The lowest BCUT2D eigenvalue weighted by Gasteiger charge is -2.38. The summed E-state index contributed by atoms with van der Waals surface area (Å²) < 4.78 is 2.89. The van der Waals surface area contributed by atoms with Crippen LogP contribution in [-0.4, -0.2) is 20.5 Å². The van der Waals surface area contributed by atoms with Crippen molar-refractivity contribution in [1.29, 1.82) is 0 Å². The minimum absolute atomic E-state index is 0.0713. The second-order valence-electron chi connectivity index (χ2n) is 9.35. The van der Waals surface area contributed by atoms with Crippen LogP contribution in [0.2, 0.25) is 0 Å². The van der Waals surface area contributed by atoms with Crippen molar-refractivity contribution in [2.75, 3.05) is 5.32 Å². The molecule has 0 radical (unpaired) electrons. The van der Waals surface area contributed by atoms with Crippen LogP contribution in [0.3, 0.4) is 0 Å². The lowest BCUT2D eigenvalue weighted by molar-refractivity contribution is -0.118. The van der Waals surface area contributed by atoms with Gasteiger partial charge in [0.05, 0.1) is 0 Å². The van der Waals surface area contributed by atoms with Gasteiger partial charge in [-0.25, -0.2) is 4.68 Å². The molecule has 0 bridgehead atoms. The molecule has 1 aromatic heterocycles. The summed E-state index contributed by atoms with van der Waals surface area (Å²) in [7, 11) is 0. The molecule has 32 heavy (non-hydrogen) atoms. The molecular weight excluding hydrogens is 484 g/mol. The number of anilines is 1. The van der Waals surface area contributed by atoms with E-state index in [1.165, 1.54) is 11.1 Å². The van der Waals surface area contributed by atoms with Gasteiger partial charge in [0.2, 0.25) is 11.1 Å². The van der Waals surface area contributed by atoms with E-state index < -0.39 is 0 Å². The highest BCUT2D eigenvalue weighted by Gasteiger charge is 2.41. The summed E-state index contributed by atoms with van der Waals surface area (Å²) in [6.07, 6.45) is 1.36. The lowest BCUT2D eigenvalue weighted by Crippen LogP contribution is -2.36. The Hall–Kier alpha value is -2.38. The van der Waals surface area contributed by atoms with Crippen LogP contribution in [0.25, 0.3) is 0 Å². The number of thioether (sulfide) groups is 1. The highest BCUT2D eigenvalue weighted by Crippen LogP contribution is 2.45. The molecule has 0 fully saturated rings. The summed E-state index contributed by atoms with van der Waals surface area (Å²) >= 11 is 5.13. The van der Waals surface area contributed by atoms with E-state index in [4.69, 9.17) is 10.1 Å². The van der Waals surface area contributed by atoms with Crippen LogP contribution < -0.4 is 5.32 Å². The van der Waals surface area contributed by atoms with Crippen molar-refractivity contribution in [2.24, 2.45) is 5.41 Å². The number of allylic oxidation sites excluding steroid dienone is 2. The number of ketones is 1. The highest BCUT2D eigenvalue weighted by molar-refractivity contribution is 9.10. The minimum Gasteiger partial charge on any atom is -0.328 e. The molecular formula is C25H25BrN4OS. The summed E-state index contributed by atoms with van der Waals surface area (Å²) in [6.45, 7) is 6.39. The van der Waals surface area contributed by atoms with Gasteiger partial charge >= 0.3 is 0 Å². The van der Waals surface area contributed by atoms with Crippen LogP contribution in [0.5, 0.6) is 0 Å². The zero-order valence-electron chi connectivity index (χ0n) is 18.4. The molecule has 0 unspecified atom stereocenters. The second kappa shape index (κ2) is 8.19. The summed E-state index contributed by atoms with van der Waals surface area (Å²) in [5.41, 5.74) is 5.26. The Bertz CT molecular complexity index is 1230. The maximum Gasteiger partial charge on any atom is 0.227 e. The van der Waals surface area contributed by atoms with E-state index in [0.29, 0.717) is 17.5 Å². The first-order chi connectivity index (χ1) is 15.3. The van der Waals surface area contributed by atoms with Crippen LogP contribution in [0.15, 0.2) is 69.4 Å². The van der Waals surface area contributed by atoms with Gasteiger partial charge in [0.15, 0.2) is 5.78 Å². The Balaban J connectivity index is 1.52. The van der Waals surface area contributed by atoms with Crippen LogP contribution in [0.4, 0.5) is 5.95 Å². The van der Waals surface area contributed by atoms with Crippen LogP contribution in [0.1, 0.15) is 49.4 Å². The first-order valence-electron chi connectivity index (χ1n) is 10.7. The SMILES string of the molecule is Cc1cccc(CSc2nc3n(n2)[C@H](c2ccc(Br)cc2)C2=C(CC(C)(C)CC2=O)N3)c1. The van der Waals surface area contributed by atoms with Crippen molar-refractivity contribution >= 4 is 39.4 Å². The molecule has 164 valence electrons. The number of benzene rings is 2. The maximum absolute atomic E-state index is 13.3. The summed E-state index contributed by atoms with van der Waals surface area (Å²) in [4.78, 5) is 18.1. The van der Waals surface area contributed by atoms with E-state index >= 15 is 0 Å². The van der Waals surface area contributed by atoms with E-state index in [9.17, 15) is 4.79 Å². The van der Waals surface area contributed by atoms with Crippen molar-refractivity contribution < 1.29 is 4.79 Å². The average molecular weight is 509 g/mol. The van der Waals surface area contributed by atoms with E-state index in [2.05, 4.69) is 78.4 Å². The zero-order chi connectivity index (χ0) is 22.5. The monoisotopic (exact) mass is 508 g/mol. The number of aryl methyl sites for hydroxylation is 1. The molecule has 1 N–H and O–H groups in total. The van der Waals surface area contributed by atoms with E-state index in [1.54, 1.807) is 11.8 Å². The van der Waals surface area contributed by atoms with E-state index in [-0.39, 0.29) is 17.2 Å². The third kappa shape index (κ3) is 4.16. The number of rotatable bonds is 4. The van der Waals surface area contributed by atoms with Gasteiger partial charge in [-0.3, -0.25) is 4.79 Å². The van der Waals surface area contributed by atoms with Gasteiger partial charge in [-0.1, -0.05) is 83.5 Å². The van der Waals surface area contributed by atoms with Crippen molar-refractivity contribution in [2.45, 2.75) is 50.6 Å². The van der Waals surface area contributed by atoms with Gasteiger partial charge in [0, 0.05) is 27.9 Å². The van der Waals surface area contributed by atoms with Crippen molar-refractivity contribution in [1.82, 2.24) is 14.8 Å². The fraction of sp³-hybridized carbons (Fsp3) is 0.320. The van der Waals surface area contributed by atoms with E-state index in [0.717, 1.165) is 33.5 Å². The molecule has 0 spiro atoms. The Kier molecular flexibility index (Phi) is 5.50. The highest BCUT2D eigenvalue weighted by atomic mass is 79.9. The number of nitrogens with zero attached hydrogens (tertiary/aromatic N) is 3. The number of Topliss-reactive ketones (excluding diaryl/α,β-unsaturated/α-hetero) is 1. The molecule has 1 aliphatic heterocycles. The zero-order valence-corrected chi connectivity index (χ0v) is 20.8. The largest absolute Gasteiger partial charge is 0.328 e. The molecule has 2 aromatic carbocycles. The summed E-state index contributed by atoms with van der Waals surface area (Å²) in [6, 6.07) is 16.4. The number of nitrogens with one attached hydrogen (secondary N) is 1. The van der Waals surface area contributed by atoms with Gasteiger partial charge in [-0.15, -0.1) is 5.10 Å². The molecule has 1 atom stereocenters. The number of carbonyl (C=O) groups is 1. The molecule has 1 aliphatic carbocycles. The smallest absolute Gasteiger partial charge is 0.227 e. The minimum atomic E-state index is -0.265. The first-order valence-corrected chi connectivity index (χ1v) is 12.5. The molecule has 0 saturated heterocycles. The van der Waals surface area contributed by atoms with Crippen LogP contribution in [-0.2, 0) is 10.5 Å². The van der Waals surface area contributed by atoms with Gasteiger partial charge in [-0.2, -0.15) is 4.98 Å². The Labute approximate surface area is 200 Å². The molecule has 0 saturated carbocycles. The first kappa shape index (κ1) is 21.5. The topological polar surface area (TPSA) is 59.8 Å². The number of carbonyl (C=O) groups excluding carboxylic acids is 1. The molecule has 0 amide bonds. The molecule has 2 heterocycles. The van der Waals surface area contributed by atoms with Crippen molar-refractivity contribution in [3.05, 3.63) is 81.0 Å². The number of halogens is 1. The summed E-state index contributed by atoms with van der Waals surface area (Å²) in [5.74, 6) is 1.69. The van der Waals surface area contributed by atoms with Gasteiger partial charge < -0.3 is 5.32 Å². The number of fused-ring (bicyclic) bond motifs is 1. The molecule has 7 heteroatoms. The Morgan fingerprint density at radius 3 is 2.72 bits per heavy atom. The third-order valence-corrected chi connectivity index (χ3v) is 7.39. The standard InChI is InChI=1S/C25H25BrN4OS/c1-15-5-4-6-16(11-15)14-32-24-28-23-27-19-12-25(2,3)13-20(31)21(19)22(30(23)29-24)17-7-9-18(26)10-8-17/h4-11,22H,12-14H2,1-3H3,(H,27,28,29)/t22-/m1/s1. The number of aromatic nitrogens is 3. The predicted molar refractivity (Wildman–Crippen MR) is 132 cm³/mol. The normalized spacial score (nSPS) is 19.4. The summed E-state index contributed by atoms with van der Waals surface area (Å²) in [5, 5.41) is 9.00.